The van der Waals surface area contributed by atoms with Crippen molar-refractivity contribution >= 4 is 23.9 Å². The van der Waals surface area contributed by atoms with Gasteiger partial charge in [-0.1, -0.05) is 71.1 Å². The molecule has 1 rings (SSSR count). The maximum absolute atomic E-state index is 12.6. The number of hydrogen-bond acceptors (Lipinski definition) is 7. The molecule has 3 atom stereocenters. The number of carbonyl (C=O) groups is 4. The third-order valence-corrected chi connectivity index (χ3v) is 7.15. The average molecular weight is 653 g/mol. The second-order valence-corrected chi connectivity index (χ2v) is 13.3. The summed E-state index contributed by atoms with van der Waals surface area (Å²) in [6.45, 7) is 25.6. The number of carboxylic acids is 1. The molecule has 0 spiro atoms. The van der Waals surface area contributed by atoms with Crippen LogP contribution in [-0.4, -0.2) is 81.4 Å². The van der Waals surface area contributed by atoms with Gasteiger partial charge in [0.15, 0.2) is 6.10 Å². The quantitative estimate of drug-likeness (QED) is 0.166. The summed E-state index contributed by atoms with van der Waals surface area (Å²) in [7, 11) is 0. The Morgan fingerprint density at radius 1 is 1.07 bits per heavy atom. The van der Waals surface area contributed by atoms with Crippen LogP contribution in [0.4, 0.5) is 4.79 Å². The van der Waals surface area contributed by atoms with E-state index >= 15 is 0 Å². The normalized spacial score (nSPS) is 16.2. The Hall–Kier alpha value is -3.18. The van der Waals surface area contributed by atoms with Crippen LogP contribution in [0.5, 0.6) is 0 Å². The first kappa shape index (κ1) is 44.9. The van der Waals surface area contributed by atoms with Gasteiger partial charge in [-0.3, -0.25) is 14.4 Å². The maximum Gasteiger partial charge on any atom is 0.410 e. The van der Waals surface area contributed by atoms with Gasteiger partial charge in [-0.25, -0.2) is 4.79 Å². The zero-order valence-corrected chi connectivity index (χ0v) is 30.3. The summed E-state index contributed by atoms with van der Waals surface area (Å²) < 4.78 is 5.21. The lowest BCUT2D eigenvalue weighted by Crippen LogP contribution is -2.57. The largest absolute Gasteiger partial charge is 0.481 e. The number of nitrogens with zero attached hydrogens (tertiary/aromatic N) is 1. The SMILES string of the molecule is C=C/C=C\C(=C/C)CC(NC(=O)[C@@H](N)CC(C)C)C(O)C(=O)NC(C)(C)CC.CC.CC(C)(C)OC(=O)N1CCC(C(=O)O)CC1. The molecule has 11 heteroatoms. The lowest BCUT2D eigenvalue weighted by molar-refractivity contribution is -0.143. The predicted molar refractivity (Wildman–Crippen MR) is 185 cm³/mol. The van der Waals surface area contributed by atoms with Crippen molar-refractivity contribution in [1.82, 2.24) is 15.5 Å². The molecule has 46 heavy (non-hydrogen) atoms. The molecule has 3 amide bonds. The number of ether oxygens (including phenoxy) is 1. The topological polar surface area (TPSA) is 171 Å². The summed E-state index contributed by atoms with van der Waals surface area (Å²) in [6, 6.07) is -1.48. The fourth-order valence-electron chi connectivity index (χ4n) is 4.19. The fourth-order valence-corrected chi connectivity index (χ4v) is 4.19. The molecule has 0 bridgehead atoms. The Kier molecular flexibility index (Phi) is 21.9. The van der Waals surface area contributed by atoms with Gasteiger partial charge >= 0.3 is 12.1 Å². The molecule has 0 aromatic carbocycles. The molecule has 0 aliphatic carbocycles. The Labute approximate surface area is 278 Å². The number of carboxylic acid groups (broad SMARTS) is 1. The number of nitrogens with two attached hydrogens (primary N) is 1. The van der Waals surface area contributed by atoms with E-state index in [1.165, 1.54) is 0 Å². The highest BCUT2D eigenvalue weighted by atomic mass is 16.6. The van der Waals surface area contributed by atoms with Crippen molar-refractivity contribution in [3.63, 3.8) is 0 Å². The first-order valence-electron chi connectivity index (χ1n) is 16.5. The van der Waals surface area contributed by atoms with E-state index in [0.717, 1.165) is 5.57 Å². The average Bonchev–Trinajstić information content (AvgIpc) is 2.98. The van der Waals surface area contributed by atoms with Gasteiger partial charge in [0.25, 0.3) is 5.91 Å². The zero-order valence-electron chi connectivity index (χ0n) is 30.3. The molecule has 6 N–H and O–H groups in total. The number of aliphatic hydroxyl groups excluding tert-OH is 1. The number of carbonyl (C=O) groups excluding carboxylic acids is 3. The summed E-state index contributed by atoms with van der Waals surface area (Å²) in [5.74, 6) is -1.72. The predicted octanol–water partition coefficient (Wildman–Crippen LogP) is 5.33. The van der Waals surface area contributed by atoms with Gasteiger partial charge in [-0.2, -0.15) is 0 Å². The molecule has 1 aliphatic rings. The summed E-state index contributed by atoms with van der Waals surface area (Å²) in [5, 5.41) is 25.1. The van der Waals surface area contributed by atoms with E-state index in [4.69, 9.17) is 15.6 Å². The van der Waals surface area contributed by atoms with Crippen LogP contribution in [0.3, 0.4) is 0 Å². The maximum atomic E-state index is 12.6. The highest BCUT2D eigenvalue weighted by Crippen LogP contribution is 2.20. The molecule has 11 nitrogen and oxygen atoms in total. The van der Waals surface area contributed by atoms with Gasteiger partial charge in [-0.05, 0) is 79.6 Å². The lowest BCUT2D eigenvalue weighted by atomic mass is 9.96. The molecule has 0 aromatic rings. The molecule has 2 unspecified atom stereocenters. The van der Waals surface area contributed by atoms with Crippen molar-refractivity contribution in [2.45, 2.75) is 138 Å². The van der Waals surface area contributed by atoms with Gasteiger partial charge in [-0.15, -0.1) is 0 Å². The fraction of sp³-hybridized carbons (Fsp3) is 0.714. The van der Waals surface area contributed by atoms with Crippen molar-refractivity contribution < 1.29 is 34.1 Å². The minimum Gasteiger partial charge on any atom is -0.481 e. The van der Waals surface area contributed by atoms with Gasteiger partial charge in [0.2, 0.25) is 5.91 Å². The Morgan fingerprint density at radius 2 is 1.61 bits per heavy atom. The smallest absolute Gasteiger partial charge is 0.410 e. The van der Waals surface area contributed by atoms with E-state index in [9.17, 15) is 24.3 Å². The number of allylic oxidation sites excluding steroid dienone is 4. The van der Waals surface area contributed by atoms with E-state index in [1.54, 1.807) is 17.1 Å². The van der Waals surface area contributed by atoms with Crippen LogP contribution in [0, 0.1) is 11.8 Å². The Balaban J connectivity index is 0. The van der Waals surface area contributed by atoms with E-state index < -0.39 is 41.2 Å². The van der Waals surface area contributed by atoms with Crippen molar-refractivity contribution in [2.75, 3.05) is 13.1 Å². The highest BCUT2D eigenvalue weighted by Gasteiger charge is 2.32. The summed E-state index contributed by atoms with van der Waals surface area (Å²) in [5.41, 5.74) is 5.89. The van der Waals surface area contributed by atoms with Crippen LogP contribution in [0.25, 0.3) is 0 Å². The van der Waals surface area contributed by atoms with Crippen molar-refractivity contribution in [1.29, 1.82) is 0 Å². The summed E-state index contributed by atoms with van der Waals surface area (Å²) >= 11 is 0. The standard InChI is InChI=1S/C22H39N3O3.C11H19NO4.C2H6/c1-8-11-12-16(9-2)14-18(24-20(27)17(23)13-15(4)5)19(26)21(28)25-22(6,7)10-3;1-11(2,3)16-10(15)12-6-4-8(5-7-12)9(13)14;1-2/h8-9,11-12,15,17-19,26H,1,10,13-14,23H2,2-7H3,(H,24,27)(H,25,28);8H,4-7H2,1-3H3,(H,13,14);1-2H3/b12-11-,16-9+;;/t17-,18?,19?;;/m0../s1. The molecule has 1 aliphatic heterocycles. The van der Waals surface area contributed by atoms with E-state index in [-0.39, 0.29) is 23.8 Å². The summed E-state index contributed by atoms with van der Waals surface area (Å²) in [4.78, 5) is 49.0. The number of hydrogen-bond donors (Lipinski definition) is 5. The number of likely N-dealkylation sites (tertiary alicyclic amines) is 1. The number of aliphatic hydroxyl groups is 1. The number of nitrogens with one attached hydrogen (secondary N) is 2. The van der Waals surface area contributed by atoms with Crippen LogP contribution in [0.1, 0.15) is 108 Å². The highest BCUT2D eigenvalue weighted by molar-refractivity contribution is 5.85. The second kappa shape index (κ2) is 22.4. The molecule has 266 valence electrons. The van der Waals surface area contributed by atoms with Crippen LogP contribution < -0.4 is 16.4 Å². The van der Waals surface area contributed by atoms with Gasteiger partial charge in [0, 0.05) is 18.6 Å². The van der Waals surface area contributed by atoms with Gasteiger partial charge in [0.1, 0.15) is 5.60 Å². The third kappa shape index (κ3) is 19.4. The minimum atomic E-state index is -1.40. The van der Waals surface area contributed by atoms with Crippen molar-refractivity contribution in [3.05, 3.63) is 36.5 Å². The Bertz CT molecular complexity index is 1010. The van der Waals surface area contributed by atoms with Crippen LogP contribution in [0.2, 0.25) is 0 Å². The van der Waals surface area contributed by atoms with Gasteiger partial charge < -0.3 is 36.2 Å². The minimum absolute atomic E-state index is 0.263. The third-order valence-electron chi connectivity index (χ3n) is 7.15. The molecule has 1 saturated heterocycles. The second-order valence-electron chi connectivity index (χ2n) is 13.3. The van der Waals surface area contributed by atoms with E-state index in [1.807, 2.05) is 88.3 Å². The van der Waals surface area contributed by atoms with Crippen LogP contribution in [0.15, 0.2) is 36.5 Å². The number of aliphatic carboxylic acids is 1. The molecular weight excluding hydrogens is 588 g/mol. The van der Waals surface area contributed by atoms with Crippen LogP contribution >= 0.6 is 0 Å². The van der Waals surface area contributed by atoms with Crippen molar-refractivity contribution in [2.24, 2.45) is 17.6 Å². The molecule has 0 saturated carbocycles. The monoisotopic (exact) mass is 652 g/mol. The zero-order chi connectivity index (χ0) is 36.3. The molecule has 1 fully saturated rings. The first-order chi connectivity index (χ1) is 21.3. The van der Waals surface area contributed by atoms with E-state index in [0.29, 0.717) is 45.2 Å². The number of rotatable bonds is 13. The Morgan fingerprint density at radius 3 is 2.02 bits per heavy atom. The molecule has 1 heterocycles. The molecular formula is C35H64N4O7. The first-order valence-corrected chi connectivity index (χ1v) is 16.5. The van der Waals surface area contributed by atoms with Gasteiger partial charge in [0.05, 0.1) is 18.0 Å². The lowest BCUT2D eigenvalue weighted by Gasteiger charge is -2.32. The van der Waals surface area contributed by atoms with E-state index in [2.05, 4.69) is 17.2 Å². The van der Waals surface area contributed by atoms with Crippen LogP contribution in [-0.2, 0) is 19.1 Å². The summed E-state index contributed by atoms with van der Waals surface area (Å²) in [6.07, 6.45) is 7.92. The molecule has 0 radical (unpaired) electrons. The number of piperidine rings is 1. The van der Waals surface area contributed by atoms with Crippen molar-refractivity contribution in [3.8, 4) is 0 Å². The number of amides is 3. The molecule has 0 aromatic heterocycles.